The molecular weight excluding hydrogens is 296 g/mol. The molecule has 1 aromatic rings. The zero-order chi connectivity index (χ0) is 18.2. The summed E-state index contributed by atoms with van der Waals surface area (Å²) in [5.41, 5.74) is 2.46. The van der Waals surface area contributed by atoms with Gasteiger partial charge < -0.3 is 9.47 Å². The highest BCUT2D eigenvalue weighted by atomic mass is 16.5. The van der Waals surface area contributed by atoms with Gasteiger partial charge in [0.2, 0.25) is 0 Å². The van der Waals surface area contributed by atoms with Crippen LogP contribution in [0.25, 0.3) is 0 Å². The maximum atomic E-state index is 5.81. The van der Waals surface area contributed by atoms with E-state index in [1.807, 2.05) is 45.9 Å². The number of para-hydroxylation sites is 1. The molecule has 136 valence electrons. The van der Waals surface area contributed by atoms with Crippen LogP contribution in [-0.2, 0) is 4.74 Å². The number of aryl methyl sites for hydroxylation is 1. The van der Waals surface area contributed by atoms with Gasteiger partial charge in [0.1, 0.15) is 11.5 Å². The van der Waals surface area contributed by atoms with E-state index in [-0.39, 0.29) is 0 Å². The van der Waals surface area contributed by atoms with Crippen molar-refractivity contribution in [2.45, 2.75) is 67.2 Å². The number of ether oxygens (including phenoxy) is 2. The minimum absolute atomic E-state index is 0.752. The summed E-state index contributed by atoms with van der Waals surface area (Å²) < 4.78 is 11.6. The minimum Gasteiger partial charge on any atom is -0.494 e. The quantitative estimate of drug-likeness (QED) is 0.508. The summed E-state index contributed by atoms with van der Waals surface area (Å²) in [5.74, 6) is 2.05. The molecule has 0 atom stereocenters. The first-order chi connectivity index (χ1) is 11.8. The molecule has 0 bridgehead atoms. The van der Waals surface area contributed by atoms with Crippen LogP contribution in [0.15, 0.2) is 47.7 Å². The smallest absolute Gasteiger partial charge is 0.122 e. The van der Waals surface area contributed by atoms with Crippen LogP contribution in [0.5, 0.6) is 5.75 Å². The molecule has 1 aliphatic carbocycles. The van der Waals surface area contributed by atoms with E-state index in [9.17, 15) is 0 Å². The normalized spacial score (nSPS) is 12.6. The Bertz CT molecular complexity index is 486. The van der Waals surface area contributed by atoms with Crippen molar-refractivity contribution in [1.29, 1.82) is 0 Å². The van der Waals surface area contributed by atoms with Gasteiger partial charge in [-0.3, -0.25) is 0 Å². The molecule has 0 amide bonds. The van der Waals surface area contributed by atoms with Gasteiger partial charge in [0.25, 0.3) is 0 Å². The molecule has 0 radical (unpaired) electrons. The van der Waals surface area contributed by atoms with E-state index in [4.69, 9.17) is 9.47 Å². The first-order valence-corrected chi connectivity index (χ1v) is 9.46. The average Bonchev–Trinajstić information content (AvgIpc) is 2.64. The molecule has 0 aliphatic heterocycles. The van der Waals surface area contributed by atoms with Crippen LogP contribution in [-0.4, -0.2) is 13.2 Å². The molecular formula is C22H36O2. The van der Waals surface area contributed by atoms with Crippen molar-refractivity contribution in [3.63, 3.8) is 0 Å². The predicted molar refractivity (Wildman–Crippen MR) is 106 cm³/mol. The molecule has 0 saturated carbocycles. The van der Waals surface area contributed by atoms with E-state index in [2.05, 4.69) is 32.1 Å². The number of hydrogen-bond acceptors (Lipinski definition) is 2. The second kappa shape index (κ2) is 14.9. The highest BCUT2D eigenvalue weighted by Gasteiger charge is 2.05. The van der Waals surface area contributed by atoms with Crippen LogP contribution in [0.3, 0.4) is 0 Å². The zero-order valence-corrected chi connectivity index (χ0v) is 16.5. The lowest BCUT2D eigenvalue weighted by Gasteiger charge is -2.14. The Labute approximate surface area is 149 Å². The Morgan fingerprint density at radius 3 is 2.00 bits per heavy atom. The van der Waals surface area contributed by atoms with E-state index < -0.39 is 0 Å². The maximum absolute atomic E-state index is 5.81. The molecule has 0 spiro atoms. The van der Waals surface area contributed by atoms with Crippen molar-refractivity contribution in [3.05, 3.63) is 53.3 Å². The third-order valence-electron chi connectivity index (χ3n) is 3.48. The Kier molecular flexibility index (Phi) is 13.8. The lowest BCUT2D eigenvalue weighted by atomic mass is 10.1. The Hall–Kier alpha value is -1.70. The second-order valence-electron chi connectivity index (χ2n) is 5.20. The van der Waals surface area contributed by atoms with Gasteiger partial charge in [-0.05, 0) is 62.8 Å². The van der Waals surface area contributed by atoms with Crippen molar-refractivity contribution < 1.29 is 9.47 Å². The number of benzene rings is 1. The minimum atomic E-state index is 0.752. The van der Waals surface area contributed by atoms with Crippen molar-refractivity contribution in [3.8, 4) is 5.75 Å². The summed E-state index contributed by atoms with van der Waals surface area (Å²) in [5, 5.41) is 0. The molecule has 0 aromatic heterocycles. The second-order valence-corrected chi connectivity index (χ2v) is 5.20. The molecule has 0 fully saturated rings. The van der Waals surface area contributed by atoms with Gasteiger partial charge in [0.05, 0.1) is 13.2 Å². The van der Waals surface area contributed by atoms with E-state index in [0.717, 1.165) is 50.4 Å². The summed E-state index contributed by atoms with van der Waals surface area (Å²) in [7, 11) is 0. The van der Waals surface area contributed by atoms with Gasteiger partial charge in [0.15, 0.2) is 0 Å². The first kappa shape index (κ1) is 22.3. The Morgan fingerprint density at radius 1 is 0.792 bits per heavy atom. The van der Waals surface area contributed by atoms with E-state index in [0.29, 0.717) is 0 Å². The van der Waals surface area contributed by atoms with Gasteiger partial charge in [-0.25, -0.2) is 0 Å². The summed E-state index contributed by atoms with van der Waals surface area (Å²) in [6, 6.07) is 8.13. The number of hydrogen-bond donors (Lipinski definition) is 0. The molecule has 2 nitrogen and oxygen atoms in total. The molecule has 0 saturated heterocycles. The van der Waals surface area contributed by atoms with Gasteiger partial charge in [0, 0.05) is 0 Å². The van der Waals surface area contributed by atoms with Gasteiger partial charge in [-0.15, -0.1) is 0 Å². The third kappa shape index (κ3) is 8.81. The lowest BCUT2D eigenvalue weighted by molar-refractivity contribution is 0.200. The number of rotatable bonds is 7. The highest BCUT2D eigenvalue weighted by molar-refractivity contribution is 5.31. The molecule has 2 rings (SSSR count). The molecule has 24 heavy (non-hydrogen) atoms. The van der Waals surface area contributed by atoms with E-state index in [1.165, 1.54) is 11.1 Å². The van der Waals surface area contributed by atoms with Crippen molar-refractivity contribution in [2.24, 2.45) is 0 Å². The molecule has 2 heteroatoms. The van der Waals surface area contributed by atoms with Crippen LogP contribution >= 0.6 is 0 Å². The van der Waals surface area contributed by atoms with Crippen LogP contribution < -0.4 is 4.74 Å². The largest absolute Gasteiger partial charge is 0.494 e. The van der Waals surface area contributed by atoms with Crippen molar-refractivity contribution in [1.82, 2.24) is 0 Å². The molecule has 0 N–H and O–H groups in total. The monoisotopic (exact) mass is 332 g/mol. The van der Waals surface area contributed by atoms with E-state index >= 15 is 0 Å². The fourth-order valence-electron chi connectivity index (χ4n) is 2.24. The van der Waals surface area contributed by atoms with Crippen molar-refractivity contribution >= 4 is 0 Å². The highest BCUT2D eigenvalue weighted by Crippen LogP contribution is 2.19. The summed E-state index contributed by atoms with van der Waals surface area (Å²) >= 11 is 0. The van der Waals surface area contributed by atoms with Crippen LogP contribution in [0.2, 0.25) is 0 Å². The summed E-state index contributed by atoms with van der Waals surface area (Å²) in [4.78, 5) is 0. The number of allylic oxidation sites excluding steroid dienone is 3. The van der Waals surface area contributed by atoms with Crippen molar-refractivity contribution in [2.75, 3.05) is 13.2 Å². The Morgan fingerprint density at radius 2 is 1.38 bits per heavy atom. The Balaban J connectivity index is 0.00000123. The maximum Gasteiger partial charge on any atom is 0.122 e. The zero-order valence-electron chi connectivity index (χ0n) is 16.5. The molecule has 1 aromatic carbocycles. The predicted octanol–water partition coefficient (Wildman–Crippen LogP) is 6.85. The van der Waals surface area contributed by atoms with Gasteiger partial charge >= 0.3 is 0 Å². The average molecular weight is 333 g/mol. The van der Waals surface area contributed by atoms with Crippen LogP contribution in [0.1, 0.15) is 65.9 Å². The van der Waals surface area contributed by atoms with Gasteiger partial charge in [-0.1, -0.05) is 52.0 Å². The lowest BCUT2D eigenvalue weighted by Crippen LogP contribution is -2.03. The fraction of sp³-hybridized carbons (Fsp3) is 0.545. The van der Waals surface area contributed by atoms with E-state index in [1.54, 1.807) is 0 Å². The summed E-state index contributed by atoms with van der Waals surface area (Å²) in [6.07, 6.45) is 8.72. The molecule has 0 heterocycles. The van der Waals surface area contributed by atoms with Gasteiger partial charge in [-0.2, -0.15) is 0 Å². The summed E-state index contributed by atoms with van der Waals surface area (Å²) in [6.45, 7) is 13.7. The standard InChI is InChI=1S/C18H24O2.2C2H6/c1-15-9-3-5-11-17(15)19-13-7-8-14-20-18-12-6-4-10-16(18)2;2*1-2/h3,5,9-12H,4,6-8,13-14H2,1-2H3;2*1-2H3. The van der Waals surface area contributed by atoms with Crippen LogP contribution in [0.4, 0.5) is 0 Å². The molecule has 1 aliphatic rings. The topological polar surface area (TPSA) is 18.5 Å². The fourth-order valence-corrected chi connectivity index (χ4v) is 2.24. The first-order valence-electron chi connectivity index (χ1n) is 9.46. The number of unbranched alkanes of at least 4 members (excludes halogenated alkanes) is 1. The molecule has 0 unspecified atom stereocenters. The SMILES string of the molecule is CC.CC.CC1=CCCC=C1OCCCCOc1ccccc1C. The van der Waals surface area contributed by atoms with Crippen LogP contribution in [0, 0.1) is 6.92 Å². The third-order valence-corrected chi connectivity index (χ3v) is 3.48.